The number of nitrogens with zero attached hydrogens (tertiary/aromatic N) is 5. The minimum Gasteiger partial charge on any atom is -0.497 e. The highest BCUT2D eigenvalue weighted by Crippen LogP contribution is 2.41. The Morgan fingerprint density at radius 3 is 2.19 bits per heavy atom. The van der Waals surface area contributed by atoms with Crippen LogP contribution in [0.4, 0.5) is 11.4 Å². The van der Waals surface area contributed by atoms with Gasteiger partial charge in [-0.1, -0.05) is 38.1 Å². The molecule has 3 aliphatic heterocycles. The Balaban J connectivity index is 0.00000293. The van der Waals surface area contributed by atoms with Crippen LogP contribution in [0, 0.1) is 6.92 Å². The molecule has 8 rings (SSSR count). The molecular formula is C50H55N5O7S. The SMILES string of the molecule is CC.COc1ccc(C2=CN3C(=O)c4cc(OC)c(OCc5cc(COc6cc(N=CC7Cc8sccc8CN7C=O)c(C)cc6OC)cc(CN(C)C)c5)cc4N=CC3C2)cc1. The standard InChI is InChI=1S/C48H49N5O7S.C2H6/c1-30-13-43(57-5)45(20-41(30)49-22-37-18-47-35(11-12-61-47)25-52(37)29-54)59-27-32-14-31(24-51(2)3)15-33(16-32)28-60-46-21-42-40(19-44(46)58-6)48(55)53-26-36(17-38(53)23-50-42)34-7-9-39(56-4)10-8-34;1-2/h7-16,19-23,26,29,37-38H,17-18,24-25,27-28H2,1-6H3;1-2H3. The number of ether oxygens (including phenoxy) is 5. The van der Waals surface area contributed by atoms with Gasteiger partial charge in [-0.25, -0.2) is 0 Å². The van der Waals surface area contributed by atoms with Crippen molar-refractivity contribution in [3.63, 3.8) is 0 Å². The Labute approximate surface area is 374 Å². The first-order valence-electron chi connectivity index (χ1n) is 21.1. The molecule has 0 saturated carbocycles. The van der Waals surface area contributed by atoms with Gasteiger partial charge in [0.05, 0.1) is 50.4 Å². The van der Waals surface area contributed by atoms with Gasteiger partial charge in [0.15, 0.2) is 23.0 Å². The van der Waals surface area contributed by atoms with Gasteiger partial charge in [0.1, 0.15) is 19.0 Å². The van der Waals surface area contributed by atoms with Gasteiger partial charge in [0.25, 0.3) is 5.91 Å². The largest absolute Gasteiger partial charge is 0.497 e. The molecule has 4 heterocycles. The van der Waals surface area contributed by atoms with Crippen molar-refractivity contribution in [1.82, 2.24) is 14.7 Å². The van der Waals surface area contributed by atoms with Crippen LogP contribution in [0.1, 0.15) is 68.9 Å². The number of aliphatic imine (C=N–C) groups is 2. The monoisotopic (exact) mass is 869 g/mol. The lowest BCUT2D eigenvalue weighted by Crippen LogP contribution is -2.39. The summed E-state index contributed by atoms with van der Waals surface area (Å²) in [4.78, 5) is 42.4. The summed E-state index contributed by atoms with van der Waals surface area (Å²) in [5, 5.41) is 2.07. The zero-order valence-corrected chi connectivity index (χ0v) is 38.0. The summed E-state index contributed by atoms with van der Waals surface area (Å²) in [7, 11) is 8.89. The maximum absolute atomic E-state index is 13.9. The first-order chi connectivity index (χ1) is 30.6. The van der Waals surface area contributed by atoms with E-state index in [-0.39, 0.29) is 31.2 Å². The molecule has 0 radical (unpaired) electrons. The second-order valence-electron chi connectivity index (χ2n) is 15.6. The fourth-order valence-corrected chi connectivity index (χ4v) is 8.90. The molecule has 63 heavy (non-hydrogen) atoms. The normalized spacial score (nSPS) is 16.4. The summed E-state index contributed by atoms with van der Waals surface area (Å²) in [6, 6.07) is 23.2. The predicted octanol–water partition coefficient (Wildman–Crippen LogP) is 9.59. The summed E-state index contributed by atoms with van der Waals surface area (Å²) in [5.41, 5.74) is 8.91. The van der Waals surface area contributed by atoms with E-state index in [0.29, 0.717) is 53.8 Å². The minimum absolute atomic E-state index is 0.134. The lowest BCUT2D eigenvalue weighted by Gasteiger charge is -2.30. The van der Waals surface area contributed by atoms with Crippen LogP contribution in [0.15, 0.2) is 94.4 Å². The van der Waals surface area contributed by atoms with Crippen LogP contribution in [-0.4, -0.2) is 87.0 Å². The highest BCUT2D eigenvalue weighted by atomic mass is 32.1. The summed E-state index contributed by atoms with van der Waals surface area (Å²) in [5.74, 6) is 2.72. The van der Waals surface area contributed by atoms with Gasteiger partial charge in [-0.15, -0.1) is 11.3 Å². The molecule has 4 aromatic carbocycles. The molecule has 12 nitrogen and oxygen atoms in total. The number of rotatable bonds is 15. The Morgan fingerprint density at radius 1 is 0.841 bits per heavy atom. The number of hydrogen-bond donors (Lipinski definition) is 0. The van der Waals surface area contributed by atoms with E-state index in [1.807, 2.05) is 89.9 Å². The van der Waals surface area contributed by atoms with Crippen molar-refractivity contribution in [2.45, 2.75) is 72.0 Å². The van der Waals surface area contributed by atoms with Gasteiger partial charge >= 0.3 is 0 Å². The van der Waals surface area contributed by atoms with Crippen LogP contribution >= 0.6 is 11.3 Å². The number of methoxy groups -OCH3 is 3. The number of amides is 2. The van der Waals surface area contributed by atoms with Crippen LogP contribution < -0.4 is 23.7 Å². The van der Waals surface area contributed by atoms with E-state index in [1.54, 1.807) is 54.6 Å². The number of benzene rings is 4. The Kier molecular flexibility index (Phi) is 14.3. The van der Waals surface area contributed by atoms with E-state index in [2.05, 4.69) is 34.5 Å². The lowest BCUT2D eigenvalue weighted by atomic mass is 10.0. The zero-order chi connectivity index (χ0) is 44.6. The molecule has 328 valence electrons. The number of hydrogen-bond acceptors (Lipinski definition) is 11. The van der Waals surface area contributed by atoms with Crippen LogP contribution in [0.25, 0.3) is 5.57 Å². The van der Waals surface area contributed by atoms with E-state index < -0.39 is 0 Å². The zero-order valence-electron chi connectivity index (χ0n) is 37.2. The van der Waals surface area contributed by atoms with E-state index in [4.69, 9.17) is 33.7 Å². The van der Waals surface area contributed by atoms with Gasteiger partial charge in [-0.2, -0.15) is 0 Å². The number of fused-ring (bicyclic) bond motifs is 3. The van der Waals surface area contributed by atoms with E-state index in [0.717, 1.165) is 57.7 Å². The fourth-order valence-electron chi connectivity index (χ4n) is 7.95. The van der Waals surface area contributed by atoms with Gasteiger partial charge < -0.3 is 38.4 Å². The molecule has 2 atom stereocenters. The third-order valence-electron chi connectivity index (χ3n) is 11.1. The predicted molar refractivity (Wildman–Crippen MR) is 250 cm³/mol. The van der Waals surface area contributed by atoms with Crippen molar-refractivity contribution < 1.29 is 33.3 Å². The number of aryl methyl sites for hydroxylation is 1. The van der Waals surface area contributed by atoms with E-state index >= 15 is 0 Å². The van der Waals surface area contributed by atoms with E-state index in [9.17, 15) is 9.59 Å². The third kappa shape index (κ3) is 10.1. The van der Waals surface area contributed by atoms with Crippen molar-refractivity contribution >= 4 is 53.0 Å². The molecule has 0 fully saturated rings. The summed E-state index contributed by atoms with van der Waals surface area (Å²) in [6.07, 6.45) is 7.89. The molecule has 2 amide bonds. The second kappa shape index (κ2) is 20.2. The first kappa shape index (κ1) is 44.6. The topological polar surface area (TPSA) is 115 Å². The van der Waals surface area contributed by atoms with Gasteiger partial charge in [0, 0.05) is 61.6 Å². The second-order valence-corrected chi connectivity index (χ2v) is 16.6. The van der Waals surface area contributed by atoms with Gasteiger partial charge in [-0.05, 0) is 102 Å². The molecule has 0 N–H and O–H groups in total. The molecule has 1 aromatic heterocycles. The molecule has 5 aromatic rings. The van der Waals surface area contributed by atoms with Crippen molar-refractivity contribution in [1.29, 1.82) is 0 Å². The lowest BCUT2D eigenvalue weighted by molar-refractivity contribution is -0.119. The first-order valence-corrected chi connectivity index (χ1v) is 22.0. The molecular weight excluding hydrogens is 815 g/mol. The molecule has 2 unspecified atom stereocenters. The highest BCUT2D eigenvalue weighted by Gasteiger charge is 2.33. The average molecular weight is 870 g/mol. The van der Waals surface area contributed by atoms with Crippen LogP contribution in [0.5, 0.6) is 28.7 Å². The fraction of sp³-hybridized carbons (Fsp3) is 0.320. The number of carbonyl (C=O) groups is 2. The summed E-state index contributed by atoms with van der Waals surface area (Å²) in [6.45, 7) is 7.78. The van der Waals surface area contributed by atoms with Crippen molar-refractivity contribution in [3.8, 4) is 28.7 Å². The van der Waals surface area contributed by atoms with Crippen LogP contribution in [0.2, 0.25) is 0 Å². The summed E-state index contributed by atoms with van der Waals surface area (Å²) >= 11 is 1.72. The Bertz CT molecular complexity index is 2530. The van der Waals surface area contributed by atoms with Gasteiger partial charge in [0.2, 0.25) is 6.41 Å². The highest BCUT2D eigenvalue weighted by molar-refractivity contribution is 7.10. The number of carbonyl (C=O) groups excluding carboxylic acids is 2. The molecule has 0 saturated heterocycles. The smallest absolute Gasteiger partial charge is 0.260 e. The maximum Gasteiger partial charge on any atom is 0.260 e. The molecule has 0 aliphatic carbocycles. The van der Waals surface area contributed by atoms with Crippen LogP contribution in [-0.2, 0) is 37.5 Å². The minimum atomic E-state index is -0.210. The maximum atomic E-state index is 13.9. The average Bonchev–Trinajstić information content (AvgIpc) is 3.93. The quantitative estimate of drug-likeness (QED) is 0.0755. The molecule has 0 bridgehead atoms. The number of thiophene rings is 1. The van der Waals surface area contributed by atoms with Gasteiger partial charge in [-0.3, -0.25) is 19.6 Å². The van der Waals surface area contributed by atoms with E-state index in [1.165, 1.54) is 10.4 Å². The third-order valence-corrected chi connectivity index (χ3v) is 12.1. The van der Waals surface area contributed by atoms with Crippen molar-refractivity contribution in [3.05, 3.63) is 128 Å². The molecule has 3 aliphatic rings. The van der Waals surface area contributed by atoms with Crippen LogP contribution in [0.3, 0.4) is 0 Å². The van der Waals surface area contributed by atoms with Crippen molar-refractivity contribution in [2.75, 3.05) is 35.4 Å². The van der Waals surface area contributed by atoms with Crippen molar-refractivity contribution in [2.24, 2.45) is 9.98 Å². The Hall–Kier alpha value is -6.44. The summed E-state index contributed by atoms with van der Waals surface area (Å²) < 4.78 is 29.7. The molecule has 13 heteroatoms. The Morgan fingerprint density at radius 2 is 1.52 bits per heavy atom. The molecule has 0 spiro atoms.